The van der Waals surface area contributed by atoms with Gasteiger partial charge in [-0.05, 0) is 32.4 Å². The molecular weight excluding hydrogens is 352 g/mol. The first-order chi connectivity index (χ1) is 13.4. The van der Waals surface area contributed by atoms with Gasteiger partial charge in [0.2, 0.25) is 11.8 Å². The first-order valence-corrected chi connectivity index (χ1v) is 9.65. The molecule has 1 aliphatic heterocycles. The molecule has 2 amide bonds. The van der Waals surface area contributed by atoms with Crippen molar-refractivity contribution in [1.82, 2.24) is 10.2 Å². The Bertz CT molecular complexity index is 861. The van der Waals surface area contributed by atoms with E-state index in [0.29, 0.717) is 13.1 Å². The largest absolute Gasteiger partial charge is 0.496 e. The molecule has 5 heteroatoms. The van der Waals surface area contributed by atoms with E-state index < -0.39 is 0 Å². The van der Waals surface area contributed by atoms with Gasteiger partial charge in [-0.25, -0.2) is 0 Å². The Morgan fingerprint density at radius 3 is 2.54 bits per heavy atom. The molecule has 2 unspecified atom stereocenters. The Morgan fingerprint density at radius 2 is 1.86 bits per heavy atom. The first-order valence-electron chi connectivity index (χ1n) is 9.65. The number of carbonyl (C=O) groups is 2. The fraction of sp³-hybridized carbons (Fsp3) is 0.391. The zero-order chi connectivity index (χ0) is 20.3. The molecule has 1 saturated heterocycles. The van der Waals surface area contributed by atoms with Gasteiger partial charge in [0.05, 0.1) is 19.1 Å². The Morgan fingerprint density at radius 1 is 1.18 bits per heavy atom. The lowest BCUT2D eigenvalue weighted by Gasteiger charge is -2.20. The molecule has 1 heterocycles. The number of nitrogens with zero attached hydrogens (tertiary/aromatic N) is 1. The van der Waals surface area contributed by atoms with Crippen LogP contribution in [0.5, 0.6) is 5.75 Å². The minimum absolute atomic E-state index is 0.0292. The molecule has 0 bridgehead atoms. The van der Waals surface area contributed by atoms with Crippen LogP contribution in [0.3, 0.4) is 0 Å². The van der Waals surface area contributed by atoms with Crippen molar-refractivity contribution in [3.05, 3.63) is 64.7 Å². The van der Waals surface area contributed by atoms with E-state index in [1.54, 1.807) is 12.0 Å². The highest BCUT2D eigenvalue weighted by Gasteiger charge is 2.34. The SMILES string of the molecule is COc1ccc(C)cc1C(C)NC(=O)C1CC(=O)N(Cc2ccc(C)cc2)C1. The molecule has 2 aromatic carbocycles. The molecule has 148 valence electrons. The minimum atomic E-state index is -0.323. The lowest BCUT2D eigenvalue weighted by molar-refractivity contribution is -0.129. The maximum atomic E-state index is 12.8. The second-order valence-electron chi connectivity index (χ2n) is 7.64. The van der Waals surface area contributed by atoms with Crippen molar-refractivity contribution in [2.75, 3.05) is 13.7 Å². The lowest BCUT2D eigenvalue weighted by Crippen LogP contribution is -2.34. The van der Waals surface area contributed by atoms with Crippen molar-refractivity contribution in [3.63, 3.8) is 0 Å². The number of hydrogen-bond donors (Lipinski definition) is 1. The number of benzene rings is 2. The van der Waals surface area contributed by atoms with E-state index in [-0.39, 0.29) is 30.2 Å². The summed E-state index contributed by atoms with van der Waals surface area (Å²) in [4.78, 5) is 26.9. The quantitative estimate of drug-likeness (QED) is 0.834. The number of aryl methyl sites for hydroxylation is 2. The van der Waals surface area contributed by atoms with E-state index >= 15 is 0 Å². The van der Waals surface area contributed by atoms with E-state index in [0.717, 1.165) is 22.4 Å². The number of methoxy groups -OCH3 is 1. The zero-order valence-corrected chi connectivity index (χ0v) is 17.0. The maximum absolute atomic E-state index is 12.8. The van der Waals surface area contributed by atoms with Crippen LogP contribution in [0.25, 0.3) is 0 Å². The van der Waals surface area contributed by atoms with Crippen molar-refractivity contribution in [3.8, 4) is 5.75 Å². The summed E-state index contributed by atoms with van der Waals surface area (Å²) in [7, 11) is 1.63. The summed E-state index contributed by atoms with van der Waals surface area (Å²) < 4.78 is 5.42. The molecule has 28 heavy (non-hydrogen) atoms. The molecule has 1 fully saturated rings. The number of amides is 2. The first kappa shape index (κ1) is 19.9. The predicted octanol–water partition coefficient (Wildman–Crippen LogP) is 3.54. The van der Waals surface area contributed by atoms with Gasteiger partial charge in [-0.3, -0.25) is 9.59 Å². The highest BCUT2D eigenvalue weighted by atomic mass is 16.5. The predicted molar refractivity (Wildman–Crippen MR) is 109 cm³/mol. The highest BCUT2D eigenvalue weighted by molar-refractivity contribution is 5.89. The molecule has 0 saturated carbocycles. The van der Waals surface area contributed by atoms with Crippen LogP contribution < -0.4 is 10.1 Å². The monoisotopic (exact) mass is 380 g/mol. The van der Waals surface area contributed by atoms with Crippen molar-refractivity contribution >= 4 is 11.8 Å². The Balaban J connectivity index is 1.63. The van der Waals surface area contributed by atoms with Crippen molar-refractivity contribution in [2.45, 2.75) is 39.8 Å². The minimum Gasteiger partial charge on any atom is -0.496 e. The molecule has 0 aromatic heterocycles. The molecule has 1 N–H and O–H groups in total. The van der Waals surface area contributed by atoms with Crippen LogP contribution in [0.15, 0.2) is 42.5 Å². The van der Waals surface area contributed by atoms with Crippen molar-refractivity contribution in [2.24, 2.45) is 5.92 Å². The molecular formula is C23H28N2O3. The summed E-state index contributed by atoms with van der Waals surface area (Å²) in [5.41, 5.74) is 4.32. The number of ether oxygens (including phenoxy) is 1. The van der Waals surface area contributed by atoms with Gasteiger partial charge in [-0.1, -0.05) is 47.5 Å². The summed E-state index contributed by atoms with van der Waals surface area (Å²) in [6.45, 7) is 6.99. The lowest BCUT2D eigenvalue weighted by atomic mass is 10.0. The summed E-state index contributed by atoms with van der Waals surface area (Å²) in [5, 5.41) is 3.05. The molecule has 0 spiro atoms. The Kier molecular flexibility index (Phi) is 6.02. The van der Waals surface area contributed by atoms with Gasteiger partial charge in [0.25, 0.3) is 0 Å². The molecule has 1 aliphatic rings. The molecule has 5 nitrogen and oxygen atoms in total. The van der Waals surface area contributed by atoms with Gasteiger partial charge in [-0.2, -0.15) is 0 Å². The molecule has 0 aliphatic carbocycles. The van der Waals surface area contributed by atoms with Crippen LogP contribution in [0.1, 0.15) is 41.6 Å². The third-order valence-corrected chi connectivity index (χ3v) is 5.29. The van der Waals surface area contributed by atoms with Gasteiger partial charge in [0, 0.05) is 25.1 Å². The third kappa shape index (κ3) is 4.53. The van der Waals surface area contributed by atoms with Crippen LogP contribution >= 0.6 is 0 Å². The second-order valence-corrected chi connectivity index (χ2v) is 7.64. The number of hydrogen-bond acceptors (Lipinski definition) is 3. The van der Waals surface area contributed by atoms with Crippen LogP contribution in [0.2, 0.25) is 0 Å². The van der Waals surface area contributed by atoms with Crippen molar-refractivity contribution < 1.29 is 14.3 Å². The Hall–Kier alpha value is -2.82. The normalized spacial score (nSPS) is 17.5. The topological polar surface area (TPSA) is 58.6 Å². The van der Waals surface area contributed by atoms with Crippen LogP contribution in [0.4, 0.5) is 0 Å². The van der Waals surface area contributed by atoms with Crippen LogP contribution in [-0.4, -0.2) is 30.4 Å². The van der Waals surface area contributed by atoms with Crippen LogP contribution in [-0.2, 0) is 16.1 Å². The number of nitrogens with one attached hydrogen (secondary N) is 1. The fourth-order valence-corrected chi connectivity index (χ4v) is 3.62. The smallest absolute Gasteiger partial charge is 0.225 e. The van der Waals surface area contributed by atoms with Crippen LogP contribution in [0, 0.1) is 19.8 Å². The number of likely N-dealkylation sites (tertiary alicyclic amines) is 1. The molecule has 2 atom stereocenters. The average molecular weight is 380 g/mol. The third-order valence-electron chi connectivity index (χ3n) is 5.29. The number of rotatable bonds is 6. The van der Waals surface area contributed by atoms with E-state index in [2.05, 4.69) is 5.32 Å². The van der Waals surface area contributed by atoms with E-state index in [1.165, 1.54) is 5.56 Å². The summed E-state index contributed by atoms with van der Waals surface area (Å²) in [6, 6.07) is 13.9. The van der Waals surface area contributed by atoms with Gasteiger partial charge in [-0.15, -0.1) is 0 Å². The van der Waals surface area contributed by atoms with Gasteiger partial charge in [0.1, 0.15) is 5.75 Å². The molecule has 3 rings (SSSR count). The fourth-order valence-electron chi connectivity index (χ4n) is 3.62. The average Bonchev–Trinajstić information content (AvgIpc) is 3.04. The zero-order valence-electron chi connectivity index (χ0n) is 17.0. The summed E-state index contributed by atoms with van der Waals surface area (Å²) in [6.07, 6.45) is 0.259. The highest BCUT2D eigenvalue weighted by Crippen LogP contribution is 2.27. The van der Waals surface area contributed by atoms with Gasteiger partial charge < -0.3 is 15.0 Å². The second kappa shape index (κ2) is 8.46. The van der Waals surface area contributed by atoms with E-state index in [9.17, 15) is 9.59 Å². The van der Waals surface area contributed by atoms with E-state index in [1.807, 2.05) is 63.2 Å². The molecule has 2 aromatic rings. The summed E-state index contributed by atoms with van der Waals surface area (Å²) in [5.74, 6) is 0.371. The van der Waals surface area contributed by atoms with E-state index in [4.69, 9.17) is 4.74 Å². The van der Waals surface area contributed by atoms with Gasteiger partial charge in [0.15, 0.2) is 0 Å². The maximum Gasteiger partial charge on any atom is 0.225 e. The number of carbonyl (C=O) groups excluding carboxylic acids is 2. The van der Waals surface area contributed by atoms with Crippen molar-refractivity contribution in [1.29, 1.82) is 0 Å². The standard InChI is InChI=1S/C23H28N2O3/c1-15-5-8-18(9-6-15)13-25-14-19(12-22(25)26)23(27)24-17(3)20-11-16(2)7-10-21(20)28-4/h5-11,17,19H,12-14H2,1-4H3,(H,24,27). The Labute approximate surface area is 166 Å². The summed E-state index contributed by atoms with van der Waals surface area (Å²) >= 11 is 0. The van der Waals surface area contributed by atoms with Gasteiger partial charge >= 0.3 is 0 Å². The molecule has 0 radical (unpaired) electrons.